The van der Waals surface area contributed by atoms with Gasteiger partial charge in [-0.1, -0.05) is 38.1 Å². The molecule has 8 nitrogen and oxygen atoms in total. The molecule has 0 saturated heterocycles. The molecule has 1 atom stereocenters. The lowest BCUT2D eigenvalue weighted by molar-refractivity contribution is -0.121. The van der Waals surface area contributed by atoms with Gasteiger partial charge in [-0.3, -0.25) is 4.79 Å². The lowest BCUT2D eigenvalue weighted by Gasteiger charge is -2.14. The van der Waals surface area contributed by atoms with Crippen LogP contribution >= 0.6 is 0 Å². The van der Waals surface area contributed by atoms with Gasteiger partial charge in [0, 0.05) is 18.3 Å². The van der Waals surface area contributed by atoms with Crippen LogP contribution < -0.4 is 10.5 Å². The maximum Gasteiger partial charge on any atom is 0.238 e. The standard InChI is InChI=1S/C17H24N4O4S/c1-11(12-6-5-7-13(10-12)26(18,23)24)19-14(22)8-9-15-20-16(21-25-15)17(2,3)4/h5-7,10-11H,8-9H2,1-4H3,(H,19,22)(H2,18,23,24). The molecule has 1 unspecified atom stereocenters. The lowest BCUT2D eigenvalue weighted by Crippen LogP contribution is -2.27. The maximum atomic E-state index is 12.1. The molecule has 1 amide bonds. The number of sulfonamides is 1. The smallest absolute Gasteiger partial charge is 0.238 e. The molecule has 26 heavy (non-hydrogen) atoms. The van der Waals surface area contributed by atoms with Crippen LogP contribution in [-0.4, -0.2) is 24.5 Å². The molecule has 0 aliphatic carbocycles. The number of hydrogen-bond donors (Lipinski definition) is 2. The number of nitrogens with two attached hydrogens (primary N) is 1. The van der Waals surface area contributed by atoms with E-state index in [4.69, 9.17) is 9.66 Å². The molecule has 2 rings (SSSR count). The van der Waals surface area contributed by atoms with Crippen LogP contribution in [0.25, 0.3) is 0 Å². The predicted octanol–water partition coefficient (Wildman–Crippen LogP) is 1.82. The third-order valence-corrected chi connectivity index (χ3v) is 4.68. The number of amides is 1. The van der Waals surface area contributed by atoms with E-state index in [1.54, 1.807) is 19.1 Å². The summed E-state index contributed by atoms with van der Waals surface area (Å²) in [5.41, 5.74) is 0.435. The molecule has 0 aliphatic rings. The Bertz CT molecular complexity index is 884. The van der Waals surface area contributed by atoms with Crippen molar-refractivity contribution < 1.29 is 17.7 Å². The minimum Gasteiger partial charge on any atom is -0.350 e. The molecule has 9 heteroatoms. The van der Waals surface area contributed by atoms with Crippen LogP contribution in [0.5, 0.6) is 0 Å². The van der Waals surface area contributed by atoms with Gasteiger partial charge in [-0.15, -0.1) is 0 Å². The van der Waals surface area contributed by atoms with E-state index < -0.39 is 10.0 Å². The highest BCUT2D eigenvalue weighted by atomic mass is 32.2. The first-order valence-corrected chi connectivity index (χ1v) is 9.76. The Morgan fingerprint density at radius 1 is 1.35 bits per heavy atom. The number of nitrogens with zero attached hydrogens (tertiary/aromatic N) is 2. The van der Waals surface area contributed by atoms with Gasteiger partial charge < -0.3 is 9.84 Å². The maximum absolute atomic E-state index is 12.1. The van der Waals surface area contributed by atoms with Gasteiger partial charge in [-0.05, 0) is 24.6 Å². The summed E-state index contributed by atoms with van der Waals surface area (Å²) in [6.45, 7) is 7.70. The molecule has 0 saturated carbocycles. The number of carbonyl (C=O) groups is 1. The fraction of sp³-hybridized carbons (Fsp3) is 0.471. The average Bonchev–Trinajstić information content (AvgIpc) is 3.01. The Morgan fingerprint density at radius 2 is 2.04 bits per heavy atom. The van der Waals surface area contributed by atoms with E-state index in [1.807, 2.05) is 20.8 Å². The quantitative estimate of drug-likeness (QED) is 0.787. The second kappa shape index (κ2) is 7.55. The van der Waals surface area contributed by atoms with Crippen LogP contribution in [0.3, 0.4) is 0 Å². The van der Waals surface area contributed by atoms with Crippen molar-refractivity contribution in [2.24, 2.45) is 5.14 Å². The largest absolute Gasteiger partial charge is 0.350 e. The number of nitrogens with one attached hydrogen (secondary N) is 1. The fourth-order valence-corrected chi connectivity index (χ4v) is 2.81. The monoisotopic (exact) mass is 380 g/mol. The number of benzene rings is 1. The highest BCUT2D eigenvalue weighted by Crippen LogP contribution is 2.19. The summed E-state index contributed by atoms with van der Waals surface area (Å²) in [6, 6.07) is 5.82. The third-order valence-electron chi connectivity index (χ3n) is 3.77. The molecular weight excluding hydrogens is 356 g/mol. The molecular formula is C17H24N4O4S. The van der Waals surface area contributed by atoms with E-state index in [0.29, 0.717) is 23.7 Å². The summed E-state index contributed by atoms with van der Waals surface area (Å²) in [7, 11) is -3.78. The Morgan fingerprint density at radius 3 is 2.62 bits per heavy atom. The zero-order valence-corrected chi connectivity index (χ0v) is 16.1. The van der Waals surface area contributed by atoms with Crippen molar-refractivity contribution in [3.8, 4) is 0 Å². The first kappa shape index (κ1) is 20.1. The summed E-state index contributed by atoms with van der Waals surface area (Å²) in [6.07, 6.45) is 0.518. The fourth-order valence-electron chi connectivity index (χ4n) is 2.24. The Hall–Kier alpha value is -2.26. The number of aromatic nitrogens is 2. The molecule has 1 aromatic heterocycles. The molecule has 1 aromatic carbocycles. The van der Waals surface area contributed by atoms with E-state index >= 15 is 0 Å². The molecule has 142 valence electrons. The van der Waals surface area contributed by atoms with Crippen molar-refractivity contribution in [1.82, 2.24) is 15.5 Å². The molecule has 0 fully saturated rings. The second-order valence-electron chi connectivity index (χ2n) is 7.17. The van der Waals surface area contributed by atoms with E-state index in [-0.39, 0.29) is 28.7 Å². The van der Waals surface area contributed by atoms with Crippen LogP contribution in [0.1, 0.15) is 57.4 Å². The number of carbonyl (C=O) groups excluding carboxylic acids is 1. The van der Waals surface area contributed by atoms with Crippen molar-refractivity contribution in [2.75, 3.05) is 0 Å². The van der Waals surface area contributed by atoms with Crippen molar-refractivity contribution in [2.45, 2.75) is 56.9 Å². The van der Waals surface area contributed by atoms with Gasteiger partial charge in [0.05, 0.1) is 10.9 Å². The summed E-state index contributed by atoms with van der Waals surface area (Å²) in [5.74, 6) is 0.809. The Balaban J connectivity index is 1.94. The highest BCUT2D eigenvalue weighted by Gasteiger charge is 2.21. The molecule has 2 aromatic rings. The van der Waals surface area contributed by atoms with Crippen molar-refractivity contribution >= 4 is 15.9 Å². The molecule has 3 N–H and O–H groups in total. The number of rotatable bonds is 6. The van der Waals surface area contributed by atoms with Crippen molar-refractivity contribution in [1.29, 1.82) is 0 Å². The minimum atomic E-state index is -3.78. The first-order valence-electron chi connectivity index (χ1n) is 8.22. The highest BCUT2D eigenvalue weighted by molar-refractivity contribution is 7.89. The Kier molecular flexibility index (Phi) is 5.82. The normalized spacial score (nSPS) is 13.4. The van der Waals surface area contributed by atoms with Gasteiger partial charge >= 0.3 is 0 Å². The van der Waals surface area contributed by atoms with Crippen LogP contribution in [0, 0.1) is 0 Å². The van der Waals surface area contributed by atoms with Crippen molar-refractivity contribution in [3.63, 3.8) is 0 Å². The van der Waals surface area contributed by atoms with Crippen LogP contribution in [-0.2, 0) is 26.7 Å². The SMILES string of the molecule is CC(NC(=O)CCc1nc(C(C)(C)C)no1)c1cccc(S(N)(=O)=O)c1. The third kappa shape index (κ3) is 5.37. The molecule has 0 radical (unpaired) electrons. The second-order valence-corrected chi connectivity index (χ2v) is 8.73. The van der Waals surface area contributed by atoms with Crippen LogP contribution in [0.4, 0.5) is 0 Å². The van der Waals surface area contributed by atoms with Gasteiger partial charge in [0.1, 0.15) is 0 Å². The van der Waals surface area contributed by atoms with Gasteiger partial charge in [0.15, 0.2) is 5.82 Å². The zero-order chi connectivity index (χ0) is 19.5. The predicted molar refractivity (Wildman–Crippen MR) is 95.7 cm³/mol. The van der Waals surface area contributed by atoms with Gasteiger partial charge in [-0.2, -0.15) is 4.98 Å². The topological polar surface area (TPSA) is 128 Å². The molecule has 0 aliphatic heterocycles. The van der Waals surface area contributed by atoms with Crippen molar-refractivity contribution in [3.05, 3.63) is 41.5 Å². The van der Waals surface area contributed by atoms with E-state index in [2.05, 4.69) is 15.5 Å². The summed E-state index contributed by atoms with van der Waals surface area (Å²) in [5, 5.41) is 11.9. The zero-order valence-electron chi connectivity index (χ0n) is 15.3. The van der Waals surface area contributed by atoms with Gasteiger partial charge in [0.25, 0.3) is 0 Å². The van der Waals surface area contributed by atoms with E-state index in [9.17, 15) is 13.2 Å². The van der Waals surface area contributed by atoms with Crippen LogP contribution in [0.15, 0.2) is 33.7 Å². The minimum absolute atomic E-state index is 0.0108. The summed E-state index contributed by atoms with van der Waals surface area (Å²) in [4.78, 5) is 16.4. The number of hydrogen-bond acceptors (Lipinski definition) is 6. The lowest BCUT2D eigenvalue weighted by atomic mass is 9.96. The van der Waals surface area contributed by atoms with Crippen LogP contribution in [0.2, 0.25) is 0 Å². The molecule has 0 bridgehead atoms. The first-order chi connectivity index (χ1) is 12.0. The Labute approximate surface area is 153 Å². The van der Waals surface area contributed by atoms with E-state index in [0.717, 1.165) is 0 Å². The summed E-state index contributed by atoms with van der Waals surface area (Å²) >= 11 is 0. The molecule has 0 spiro atoms. The summed E-state index contributed by atoms with van der Waals surface area (Å²) < 4.78 is 28.0. The van der Waals surface area contributed by atoms with E-state index in [1.165, 1.54) is 12.1 Å². The van der Waals surface area contributed by atoms with Gasteiger partial charge in [0.2, 0.25) is 21.8 Å². The number of aryl methyl sites for hydroxylation is 1. The van der Waals surface area contributed by atoms with Gasteiger partial charge in [-0.25, -0.2) is 13.6 Å². The number of primary sulfonamides is 1. The average molecular weight is 380 g/mol. The molecule has 1 heterocycles.